The average molecular weight is 531 g/mol. The van der Waals surface area contributed by atoms with E-state index in [4.69, 9.17) is 3.63 Å². The molecular weight excluding hydrogens is 505 g/mol. The van der Waals surface area contributed by atoms with Gasteiger partial charge in [-0.2, -0.15) is 21.6 Å². The van der Waals surface area contributed by atoms with Crippen LogP contribution < -0.4 is 0 Å². The van der Waals surface area contributed by atoms with E-state index in [0.717, 1.165) is 34.9 Å². The summed E-state index contributed by atoms with van der Waals surface area (Å²) in [6.45, 7) is 5.66. The van der Waals surface area contributed by atoms with Gasteiger partial charge in [0.15, 0.2) is 0 Å². The van der Waals surface area contributed by atoms with E-state index < -0.39 is 37.1 Å². The summed E-state index contributed by atoms with van der Waals surface area (Å²) in [4.78, 5) is 0.834. The van der Waals surface area contributed by atoms with Gasteiger partial charge in [-0.1, -0.05) is 66.2 Å². The van der Waals surface area contributed by atoms with Crippen LogP contribution in [0.1, 0.15) is 22.3 Å². The van der Waals surface area contributed by atoms with Crippen LogP contribution in [0.15, 0.2) is 117 Å². The Bertz CT molecular complexity index is 1420. The Labute approximate surface area is 211 Å². The molecule has 3 nitrogen and oxygen atoms in total. The summed E-state index contributed by atoms with van der Waals surface area (Å²) in [5, 5.41) is 0. The van der Waals surface area contributed by atoms with Crippen molar-refractivity contribution in [2.45, 2.75) is 46.5 Å². The normalized spacial score (nSPS) is 12.9. The van der Waals surface area contributed by atoms with Gasteiger partial charge in [0, 0.05) is 14.7 Å². The van der Waals surface area contributed by atoms with Gasteiger partial charge in [-0.3, -0.25) is 0 Å². The van der Waals surface area contributed by atoms with E-state index in [9.17, 15) is 21.6 Å². The fourth-order valence-electron chi connectivity index (χ4n) is 4.42. The molecule has 0 saturated carbocycles. The lowest BCUT2D eigenvalue weighted by molar-refractivity contribution is -0.139. The molecule has 0 aromatic heterocycles. The van der Waals surface area contributed by atoms with Crippen LogP contribution in [0, 0.1) is 20.8 Å². The molecule has 0 radical (unpaired) electrons. The molecule has 0 aliphatic carbocycles. The summed E-state index contributed by atoms with van der Waals surface area (Å²) < 4.78 is 75.3. The van der Waals surface area contributed by atoms with E-state index in [1.54, 1.807) is 60.7 Å². The minimum absolute atomic E-state index is 0.555. The van der Waals surface area contributed by atoms with E-state index in [2.05, 4.69) is 0 Å². The van der Waals surface area contributed by atoms with Crippen molar-refractivity contribution in [1.29, 1.82) is 0 Å². The van der Waals surface area contributed by atoms with E-state index >= 15 is 0 Å². The molecule has 0 unspecified atom stereocenters. The maximum atomic E-state index is 13.8. The van der Waals surface area contributed by atoms with Crippen molar-refractivity contribution in [3.8, 4) is 0 Å². The first-order chi connectivity index (χ1) is 17.0. The maximum absolute atomic E-state index is 13.8. The molecule has 0 aliphatic rings. The molecule has 36 heavy (non-hydrogen) atoms. The third-order valence-corrected chi connectivity index (χ3v) is 11.2. The van der Waals surface area contributed by atoms with Crippen LogP contribution in [-0.2, 0) is 19.9 Å². The summed E-state index contributed by atoms with van der Waals surface area (Å²) in [5.74, 6) is 0. The third-order valence-electron chi connectivity index (χ3n) is 5.70. The van der Waals surface area contributed by atoms with Gasteiger partial charge in [-0.25, -0.2) is 3.63 Å². The standard InChI is InChI=1S/C28H25F3O3S2/c1-20-18-21(2)27(22(3)19-20)35(23-12-6-4-7-13-23,24-14-8-5-9-15-24)34-36(32,33)26-17-11-10-16-25(26)28(29,30)31/h4-19H,1-3H3. The van der Waals surface area contributed by atoms with Crippen molar-refractivity contribution in [3.63, 3.8) is 0 Å². The number of halogens is 3. The van der Waals surface area contributed by atoms with Crippen molar-refractivity contribution in [2.24, 2.45) is 0 Å². The molecule has 188 valence electrons. The molecule has 8 heteroatoms. The molecule has 4 aromatic carbocycles. The van der Waals surface area contributed by atoms with Crippen LogP contribution in [0.4, 0.5) is 13.2 Å². The highest BCUT2D eigenvalue weighted by Crippen LogP contribution is 2.71. The molecule has 0 amide bonds. The van der Waals surface area contributed by atoms with Crippen LogP contribution in [0.25, 0.3) is 0 Å². The minimum Gasteiger partial charge on any atom is -0.203 e. The Morgan fingerprint density at radius 1 is 0.667 bits per heavy atom. The first-order valence-corrected chi connectivity index (χ1v) is 14.1. The third kappa shape index (κ3) is 4.81. The number of alkyl halides is 3. The second-order valence-corrected chi connectivity index (χ2v) is 12.8. The predicted molar refractivity (Wildman–Crippen MR) is 136 cm³/mol. The van der Waals surface area contributed by atoms with Crippen molar-refractivity contribution in [2.75, 3.05) is 0 Å². The van der Waals surface area contributed by atoms with E-state index in [0.29, 0.717) is 14.7 Å². The summed E-state index contributed by atoms with van der Waals surface area (Å²) >= 11 is 0. The Kier molecular flexibility index (Phi) is 7.05. The molecule has 0 bridgehead atoms. The second-order valence-electron chi connectivity index (χ2n) is 8.43. The molecule has 0 saturated heterocycles. The topological polar surface area (TPSA) is 43.4 Å². The van der Waals surface area contributed by atoms with Crippen LogP contribution in [0.3, 0.4) is 0 Å². The first kappa shape index (κ1) is 26.0. The minimum atomic E-state index is -4.90. The van der Waals surface area contributed by atoms with Crippen LogP contribution in [0.2, 0.25) is 0 Å². The van der Waals surface area contributed by atoms with Gasteiger partial charge in [0.25, 0.3) is 0 Å². The van der Waals surface area contributed by atoms with Gasteiger partial charge >= 0.3 is 16.3 Å². The molecule has 4 aromatic rings. The molecule has 0 N–H and O–H groups in total. The van der Waals surface area contributed by atoms with E-state index in [1.165, 1.54) is 6.07 Å². The first-order valence-electron chi connectivity index (χ1n) is 11.1. The zero-order chi connectivity index (χ0) is 26.1. The van der Waals surface area contributed by atoms with Gasteiger partial charge < -0.3 is 0 Å². The molecule has 0 heterocycles. The zero-order valence-electron chi connectivity index (χ0n) is 19.9. The van der Waals surface area contributed by atoms with Crippen LogP contribution in [-0.4, -0.2) is 8.42 Å². The maximum Gasteiger partial charge on any atom is 0.417 e. The van der Waals surface area contributed by atoms with Crippen LogP contribution in [0.5, 0.6) is 0 Å². The Morgan fingerprint density at radius 2 is 1.11 bits per heavy atom. The Hall–Kier alpha value is -3.07. The van der Waals surface area contributed by atoms with Crippen molar-refractivity contribution in [1.82, 2.24) is 0 Å². The van der Waals surface area contributed by atoms with Crippen molar-refractivity contribution >= 4 is 20.4 Å². The molecular formula is C28H25F3O3S2. The molecule has 0 spiro atoms. The zero-order valence-corrected chi connectivity index (χ0v) is 21.5. The highest BCUT2D eigenvalue weighted by atomic mass is 32.3. The van der Waals surface area contributed by atoms with Crippen molar-refractivity contribution in [3.05, 3.63) is 119 Å². The molecule has 4 rings (SSSR count). The fourth-order valence-corrected chi connectivity index (χ4v) is 10.2. The predicted octanol–water partition coefficient (Wildman–Crippen LogP) is 8.23. The van der Waals surface area contributed by atoms with Crippen LogP contribution >= 0.6 is 10.3 Å². The van der Waals surface area contributed by atoms with Gasteiger partial charge in [0.2, 0.25) is 0 Å². The molecule has 0 aliphatic heterocycles. The monoisotopic (exact) mass is 530 g/mol. The Morgan fingerprint density at radius 3 is 1.58 bits per heavy atom. The lowest BCUT2D eigenvalue weighted by Gasteiger charge is -2.41. The molecule has 0 fully saturated rings. The number of rotatable bonds is 6. The summed E-state index contributed by atoms with van der Waals surface area (Å²) in [6, 6.07) is 25.6. The SMILES string of the molecule is Cc1cc(C)c(S(OS(=O)(=O)c2ccccc2C(F)(F)F)(c2ccccc2)c2ccccc2)c(C)c1. The van der Waals surface area contributed by atoms with Gasteiger partial charge in [-0.15, -0.1) is 0 Å². The lowest BCUT2D eigenvalue weighted by atomic mass is 10.1. The summed E-state index contributed by atoms with van der Waals surface area (Å²) in [7, 11) is -7.94. The lowest BCUT2D eigenvalue weighted by Crippen LogP contribution is -2.19. The quantitative estimate of drug-likeness (QED) is 0.252. The summed E-state index contributed by atoms with van der Waals surface area (Å²) in [5.41, 5.74) is 1.29. The second kappa shape index (κ2) is 9.76. The van der Waals surface area contributed by atoms with Gasteiger partial charge in [0.05, 0.1) is 5.56 Å². The number of aryl methyl sites for hydroxylation is 3. The highest BCUT2D eigenvalue weighted by Gasteiger charge is 2.43. The van der Waals surface area contributed by atoms with Gasteiger partial charge in [0.1, 0.15) is 4.90 Å². The average Bonchev–Trinajstić information content (AvgIpc) is 2.83. The van der Waals surface area contributed by atoms with E-state index in [1.807, 2.05) is 32.9 Å². The number of benzene rings is 4. The smallest absolute Gasteiger partial charge is 0.203 e. The van der Waals surface area contributed by atoms with Crippen molar-refractivity contribution < 1.29 is 25.2 Å². The summed E-state index contributed by atoms with van der Waals surface area (Å²) in [6.07, 6.45) is -4.87. The number of hydrogen-bond donors (Lipinski definition) is 0. The highest BCUT2D eigenvalue weighted by molar-refractivity contribution is 8.33. The molecule has 0 atom stereocenters. The van der Waals surface area contributed by atoms with Gasteiger partial charge in [-0.05, 0) is 78.6 Å². The fraction of sp³-hybridized carbons (Fsp3) is 0.143. The Balaban J connectivity index is 2.11. The number of hydrogen-bond acceptors (Lipinski definition) is 3. The van der Waals surface area contributed by atoms with E-state index in [-0.39, 0.29) is 0 Å². The largest absolute Gasteiger partial charge is 0.417 e.